The van der Waals surface area contributed by atoms with E-state index in [9.17, 15) is 18.0 Å². The van der Waals surface area contributed by atoms with E-state index in [-0.39, 0.29) is 0 Å². The normalized spacial score (nSPS) is 12.0. The van der Waals surface area contributed by atoms with Gasteiger partial charge in [0.2, 0.25) is 5.91 Å². The monoisotopic (exact) mass is 222 g/mol. The van der Waals surface area contributed by atoms with Gasteiger partial charge in [-0.05, 0) is 0 Å². The van der Waals surface area contributed by atoms with E-state index in [1.54, 1.807) is 5.43 Å². The van der Waals surface area contributed by atoms with Crippen molar-refractivity contribution in [1.29, 1.82) is 0 Å². The number of hydrazone groups is 1. The molecule has 0 spiro atoms. The summed E-state index contributed by atoms with van der Waals surface area (Å²) in [5, 5.41) is 5.37. The van der Waals surface area contributed by atoms with Gasteiger partial charge in [0.05, 0.1) is 6.34 Å². The van der Waals surface area contributed by atoms with Gasteiger partial charge in [-0.1, -0.05) is 6.58 Å². The Hall–Kier alpha value is -1.86. The maximum atomic E-state index is 11.8. The molecule has 0 rings (SSSR count). The average molecular weight is 222 g/mol. The number of carbonyl (C=O) groups is 1. The van der Waals surface area contributed by atoms with Crippen molar-refractivity contribution >= 4 is 18.6 Å². The Bertz CT molecular complexity index is 295. The first-order chi connectivity index (χ1) is 6.84. The van der Waals surface area contributed by atoms with E-state index in [1.165, 1.54) is 6.92 Å². The van der Waals surface area contributed by atoms with Crippen molar-refractivity contribution in [2.45, 2.75) is 13.1 Å². The number of hydrogen-bond acceptors (Lipinski definition) is 3. The first-order valence-corrected chi connectivity index (χ1v) is 3.67. The van der Waals surface area contributed by atoms with Crippen LogP contribution >= 0.6 is 0 Å². The number of halogens is 3. The second-order valence-electron chi connectivity index (χ2n) is 2.29. The summed E-state index contributed by atoms with van der Waals surface area (Å²) >= 11 is 0. The predicted molar refractivity (Wildman–Crippen MR) is 49.1 cm³/mol. The van der Waals surface area contributed by atoms with Crippen LogP contribution in [0.5, 0.6) is 0 Å². The molecule has 0 unspecified atom stereocenters. The molecule has 8 heteroatoms. The number of amides is 1. The quantitative estimate of drug-likeness (QED) is 0.419. The van der Waals surface area contributed by atoms with Crippen LogP contribution in [-0.2, 0) is 4.79 Å². The lowest BCUT2D eigenvalue weighted by molar-refractivity contribution is -0.115. The maximum Gasteiger partial charge on any atom is 0.432 e. The number of hydrogen-bond donors (Lipinski definition) is 2. The highest BCUT2D eigenvalue weighted by molar-refractivity contribution is 5.86. The first kappa shape index (κ1) is 13.1. The molecular formula is C7H9F3N4O. The van der Waals surface area contributed by atoms with Crippen molar-refractivity contribution in [3.8, 4) is 0 Å². The maximum absolute atomic E-state index is 11.8. The minimum absolute atomic E-state index is 0.441. The number of allylic oxidation sites excluding steroid dienone is 1. The van der Waals surface area contributed by atoms with E-state index in [0.29, 0.717) is 0 Å². The lowest BCUT2D eigenvalue weighted by Gasteiger charge is -2.07. The summed E-state index contributed by atoms with van der Waals surface area (Å²) < 4.78 is 35.4. The molecule has 0 bridgehead atoms. The fraction of sp³-hybridized carbons (Fsp3) is 0.286. The summed E-state index contributed by atoms with van der Waals surface area (Å²) in [6, 6.07) is 0. The molecule has 2 N–H and O–H groups in total. The highest BCUT2D eigenvalue weighted by Gasteiger charge is 2.31. The summed E-state index contributed by atoms with van der Waals surface area (Å²) in [5.41, 5.74) is 0.461. The highest BCUT2D eigenvalue weighted by Crippen LogP contribution is 2.21. The fourth-order valence-electron chi connectivity index (χ4n) is 0.372. The molecule has 0 aliphatic carbocycles. The van der Waals surface area contributed by atoms with Crippen molar-refractivity contribution in [2.75, 3.05) is 0 Å². The van der Waals surface area contributed by atoms with Gasteiger partial charge in [0.25, 0.3) is 0 Å². The van der Waals surface area contributed by atoms with Crippen LogP contribution in [-0.4, -0.2) is 24.8 Å². The van der Waals surface area contributed by atoms with Crippen LogP contribution in [0.1, 0.15) is 6.92 Å². The molecule has 84 valence electrons. The van der Waals surface area contributed by atoms with E-state index in [1.807, 2.05) is 0 Å². The average Bonchev–Trinajstić information content (AvgIpc) is 2.08. The molecule has 0 aliphatic heterocycles. The Kier molecular flexibility index (Phi) is 5.07. The van der Waals surface area contributed by atoms with Crippen LogP contribution in [0.2, 0.25) is 0 Å². The molecule has 5 nitrogen and oxygen atoms in total. The van der Waals surface area contributed by atoms with Crippen molar-refractivity contribution < 1.29 is 18.0 Å². The third kappa shape index (κ3) is 7.23. The van der Waals surface area contributed by atoms with Gasteiger partial charge >= 0.3 is 6.18 Å². The predicted octanol–water partition coefficient (Wildman–Crippen LogP) is 0.760. The summed E-state index contributed by atoms with van der Waals surface area (Å²) in [6.07, 6.45) is -2.65. The van der Waals surface area contributed by atoms with Crippen LogP contribution in [0.3, 0.4) is 0 Å². The minimum Gasteiger partial charge on any atom is -0.336 e. The molecule has 0 aliphatic rings. The third-order valence-electron chi connectivity index (χ3n) is 1.00. The molecule has 0 atom stereocenters. The molecule has 0 aromatic carbocycles. The Morgan fingerprint density at radius 1 is 1.40 bits per heavy atom. The molecule has 0 heterocycles. The van der Waals surface area contributed by atoms with Gasteiger partial charge < -0.3 is 5.32 Å². The van der Waals surface area contributed by atoms with Gasteiger partial charge in [-0.2, -0.15) is 18.3 Å². The number of alkyl halides is 3. The summed E-state index contributed by atoms with van der Waals surface area (Å²) in [7, 11) is 0. The molecular weight excluding hydrogens is 213 g/mol. The fourth-order valence-corrected chi connectivity index (χ4v) is 0.372. The summed E-state index contributed by atoms with van der Waals surface area (Å²) in [5.74, 6) is -0.441. The van der Waals surface area contributed by atoms with Crippen molar-refractivity contribution in [3.05, 3.63) is 12.3 Å². The Balaban J connectivity index is 3.82. The minimum atomic E-state index is -4.54. The van der Waals surface area contributed by atoms with E-state index >= 15 is 0 Å². The third-order valence-corrected chi connectivity index (χ3v) is 1.00. The lowest BCUT2D eigenvalue weighted by Crippen LogP contribution is -2.22. The first-order valence-electron chi connectivity index (χ1n) is 3.67. The number of rotatable bonds is 4. The van der Waals surface area contributed by atoms with Gasteiger partial charge in [-0.15, -0.1) is 0 Å². The topological polar surface area (TPSA) is 65.8 Å². The number of nitrogens with zero attached hydrogens (tertiary/aromatic N) is 2. The molecule has 0 fully saturated rings. The standard InChI is InChI=1S/C7H9F3N4O/c1-5(7(8,9)10)14-13-4-11-3-12-6(2)15/h3-4,14H,1H2,2H3,(H,11,12,13,15). The van der Waals surface area contributed by atoms with Crippen molar-refractivity contribution in [3.63, 3.8) is 0 Å². The SMILES string of the molecule is C=C(N/N=C/N/C=N\C(C)=O)C(F)(F)F. The Morgan fingerprint density at radius 2 is 2.00 bits per heavy atom. The Morgan fingerprint density at radius 3 is 2.47 bits per heavy atom. The molecule has 1 amide bonds. The van der Waals surface area contributed by atoms with Crippen LogP contribution in [0, 0.1) is 0 Å². The molecule has 0 radical (unpaired) electrons. The molecule has 15 heavy (non-hydrogen) atoms. The summed E-state index contributed by atoms with van der Waals surface area (Å²) in [4.78, 5) is 13.5. The number of aliphatic imine (C=N–C) groups is 1. The van der Waals surface area contributed by atoms with Crippen LogP contribution in [0.4, 0.5) is 13.2 Å². The summed E-state index contributed by atoms with van der Waals surface area (Å²) in [6.45, 7) is 3.93. The second-order valence-corrected chi connectivity index (χ2v) is 2.29. The zero-order chi connectivity index (χ0) is 11.9. The smallest absolute Gasteiger partial charge is 0.336 e. The Labute approximate surface area is 83.8 Å². The number of carbonyl (C=O) groups excluding carboxylic acids is 1. The zero-order valence-corrected chi connectivity index (χ0v) is 7.80. The van der Waals surface area contributed by atoms with Crippen molar-refractivity contribution in [2.24, 2.45) is 10.1 Å². The lowest BCUT2D eigenvalue weighted by atomic mass is 10.5. The highest BCUT2D eigenvalue weighted by atomic mass is 19.4. The molecule has 0 aromatic rings. The van der Waals surface area contributed by atoms with Gasteiger partial charge in [0, 0.05) is 6.92 Å². The van der Waals surface area contributed by atoms with E-state index in [4.69, 9.17) is 0 Å². The largest absolute Gasteiger partial charge is 0.432 e. The van der Waals surface area contributed by atoms with Gasteiger partial charge in [0.15, 0.2) is 0 Å². The van der Waals surface area contributed by atoms with Crippen LogP contribution in [0.25, 0.3) is 0 Å². The van der Waals surface area contributed by atoms with Crippen LogP contribution in [0.15, 0.2) is 22.4 Å². The van der Waals surface area contributed by atoms with E-state index in [0.717, 1.165) is 12.7 Å². The van der Waals surface area contributed by atoms with Gasteiger partial charge in [-0.3, -0.25) is 10.2 Å². The molecule has 0 saturated carbocycles. The van der Waals surface area contributed by atoms with Gasteiger partial charge in [-0.25, -0.2) is 4.99 Å². The van der Waals surface area contributed by atoms with Gasteiger partial charge in [0.1, 0.15) is 12.0 Å². The molecule has 0 saturated heterocycles. The van der Waals surface area contributed by atoms with E-state index < -0.39 is 17.8 Å². The zero-order valence-electron chi connectivity index (χ0n) is 7.80. The van der Waals surface area contributed by atoms with E-state index in [2.05, 4.69) is 22.0 Å². The number of nitrogens with one attached hydrogen (secondary N) is 2. The second kappa shape index (κ2) is 5.78. The van der Waals surface area contributed by atoms with Crippen LogP contribution < -0.4 is 10.7 Å². The van der Waals surface area contributed by atoms with Crippen molar-refractivity contribution in [1.82, 2.24) is 10.7 Å². The molecule has 0 aromatic heterocycles.